The van der Waals surface area contributed by atoms with Gasteiger partial charge in [-0.3, -0.25) is 4.79 Å². The van der Waals surface area contributed by atoms with Gasteiger partial charge < -0.3 is 15.4 Å². The van der Waals surface area contributed by atoms with E-state index in [9.17, 15) is 9.18 Å². The molecule has 8 heteroatoms. The van der Waals surface area contributed by atoms with E-state index in [1.165, 1.54) is 12.1 Å². The lowest BCUT2D eigenvalue weighted by molar-refractivity contribution is 0.102. The molecule has 1 aromatic carbocycles. The van der Waals surface area contributed by atoms with Crippen LogP contribution in [0, 0.1) is 12.7 Å². The van der Waals surface area contributed by atoms with Crippen LogP contribution in [0.1, 0.15) is 48.9 Å². The van der Waals surface area contributed by atoms with Gasteiger partial charge in [0, 0.05) is 6.07 Å². The molecule has 140 valence electrons. The Balaban J connectivity index is 1.73. The third-order valence-corrected chi connectivity index (χ3v) is 4.36. The number of carbonyl (C=O) groups is 1. The summed E-state index contributed by atoms with van der Waals surface area (Å²) in [5, 5.41) is 14.0. The number of ether oxygens (including phenoxy) is 1. The van der Waals surface area contributed by atoms with Crippen LogP contribution in [-0.4, -0.2) is 40.1 Å². The fourth-order valence-corrected chi connectivity index (χ4v) is 3.07. The second kappa shape index (κ2) is 7.82. The van der Waals surface area contributed by atoms with Crippen molar-refractivity contribution in [1.82, 2.24) is 20.3 Å². The summed E-state index contributed by atoms with van der Waals surface area (Å²) in [5.74, 6) is -0.609. The lowest BCUT2D eigenvalue weighted by atomic mass is 10.1. The van der Waals surface area contributed by atoms with Gasteiger partial charge in [0.05, 0.1) is 23.5 Å². The molecule has 0 aliphatic carbocycles. The summed E-state index contributed by atoms with van der Waals surface area (Å²) in [6, 6.07) is 4.60. The summed E-state index contributed by atoms with van der Waals surface area (Å²) in [6.45, 7) is 7.38. The molecular formula is C18H24FN5O2. The largest absolute Gasteiger partial charge is 0.491 e. The van der Waals surface area contributed by atoms with Crippen LogP contribution in [0.5, 0.6) is 5.75 Å². The number of carbonyl (C=O) groups excluding carboxylic acids is 1. The van der Waals surface area contributed by atoms with Crippen LogP contribution in [0.15, 0.2) is 18.2 Å². The van der Waals surface area contributed by atoms with Gasteiger partial charge in [-0.15, -0.1) is 5.10 Å². The number of amides is 1. The van der Waals surface area contributed by atoms with Gasteiger partial charge in [0.25, 0.3) is 5.91 Å². The topological polar surface area (TPSA) is 81.1 Å². The zero-order valence-electron chi connectivity index (χ0n) is 15.3. The first-order chi connectivity index (χ1) is 12.5. The molecule has 2 N–H and O–H groups in total. The number of piperidine rings is 1. The highest BCUT2D eigenvalue weighted by Gasteiger charge is 2.23. The Bertz CT molecular complexity index is 784. The lowest BCUT2D eigenvalue weighted by Crippen LogP contribution is -2.30. The maximum Gasteiger partial charge on any atom is 0.278 e. The van der Waals surface area contributed by atoms with E-state index in [4.69, 9.17) is 4.74 Å². The highest BCUT2D eigenvalue weighted by Crippen LogP contribution is 2.23. The second-order valence-corrected chi connectivity index (χ2v) is 6.71. The van der Waals surface area contributed by atoms with Crippen molar-refractivity contribution in [1.29, 1.82) is 0 Å². The molecule has 1 fully saturated rings. The first kappa shape index (κ1) is 18.3. The quantitative estimate of drug-likeness (QED) is 0.856. The van der Waals surface area contributed by atoms with Crippen molar-refractivity contribution in [2.45, 2.75) is 45.8 Å². The van der Waals surface area contributed by atoms with Crippen molar-refractivity contribution in [3.8, 4) is 5.75 Å². The smallest absolute Gasteiger partial charge is 0.278 e. The minimum atomic E-state index is -0.556. The van der Waals surface area contributed by atoms with Gasteiger partial charge in [0.2, 0.25) is 0 Å². The Morgan fingerprint density at radius 1 is 1.38 bits per heavy atom. The maximum absolute atomic E-state index is 14.2. The van der Waals surface area contributed by atoms with Crippen molar-refractivity contribution in [3.63, 3.8) is 0 Å². The molecule has 1 aliphatic heterocycles. The van der Waals surface area contributed by atoms with E-state index in [0.29, 0.717) is 11.4 Å². The molecule has 0 radical (unpaired) electrons. The van der Waals surface area contributed by atoms with Gasteiger partial charge >= 0.3 is 0 Å². The lowest BCUT2D eigenvalue weighted by Gasteiger charge is -2.23. The normalized spacial score (nSPS) is 15.3. The summed E-state index contributed by atoms with van der Waals surface area (Å²) >= 11 is 0. The van der Waals surface area contributed by atoms with Crippen molar-refractivity contribution in [2.75, 3.05) is 18.4 Å². The van der Waals surface area contributed by atoms with Gasteiger partial charge in [0.15, 0.2) is 5.69 Å². The SMILES string of the molecule is Cc1c(C(=O)Nc2ccc(OC(C)C)cc2F)nnn1C1CCNCC1. The molecule has 26 heavy (non-hydrogen) atoms. The van der Waals surface area contributed by atoms with Crippen LogP contribution in [0.2, 0.25) is 0 Å². The van der Waals surface area contributed by atoms with Crippen molar-refractivity contribution in [2.24, 2.45) is 0 Å². The molecule has 0 atom stereocenters. The average Bonchev–Trinajstić information content (AvgIpc) is 2.99. The van der Waals surface area contributed by atoms with E-state index in [2.05, 4.69) is 20.9 Å². The number of benzene rings is 1. The zero-order chi connectivity index (χ0) is 18.7. The van der Waals surface area contributed by atoms with Gasteiger partial charge in [-0.2, -0.15) is 0 Å². The predicted octanol–water partition coefficient (Wildman–Crippen LogP) is 2.69. The van der Waals surface area contributed by atoms with E-state index in [-0.39, 0.29) is 23.5 Å². The number of nitrogens with one attached hydrogen (secondary N) is 2. The number of hydrogen-bond acceptors (Lipinski definition) is 5. The molecule has 0 bridgehead atoms. The van der Waals surface area contributed by atoms with Crippen LogP contribution in [0.3, 0.4) is 0 Å². The fraction of sp³-hybridized carbons (Fsp3) is 0.500. The first-order valence-electron chi connectivity index (χ1n) is 8.85. The molecule has 2 heterocycles. The minimum Gasteiger partial charge on any atom is -0.491 e. The average molecular weight is 361 g/mol. The Morgan fingerprint density at radius 3 is 2.77 bits per heavy atom. The Kier molecular flexibility index (Phi) is 5.51. The van der Waals surface area contributed by atoms with E-state index < -0.39 is 11.7 Å². The summed E-state index contributed by atoms with van der Waals surface area (Å²) in [7, 11) is 0. The molecule has 0 saturated carbocycles. The van der Waals surface area contributed by atoms with Crippen molar-refractivity contribution in [3.05, 3.63) is 35.4 Å². The predicted molar refractivity (Wildman–Crippen MR) is 96.0 cm³/mol. The molecule has 2 aromatic rings. The van der Waals surface area contributed by atoms with E-state index in [1.54, 1.807) is 10.7 Å². The Hall–Kier alpha value is -2.48. The standard InChI is InChI=1S/C18H24FN5O2/c1-11(2)26-14-4-5-16(15(19)10-14)21-18(25)17-12(3)24(23-22-17)13-6-8-20-9-7-13/h4-5,10-11,13,20H,6-9H2,1-3H3,(H,21,25). The van der Waals surface area contributed by atoms with Crippen LogP contribution in [-0.2, 0) is 0 Å². The molecule has 0 unspecified atom stereocenters. The Labute approximate surface area is 151 Å². The monoisotopic (exact) mass is 361 g/mol. The molecule has 1 amide bonds. The summed E-state index contributed by atoms with van der Waals surface area (Å²) < 4.78 is 21.5. The van der Waals surface area contributed by atoms with E-state index >= 15 is 0 Å². The number of anilines is 1. The second-order valence-electron chi connectivity index (χ2n) is 6.71. The summed E-state index contributed by atoms with van der Waals surface area (Å²) in [5.41, 5.74) is 0.988. The number of hydrogen-bond donors (Lipinski definition) is 2. The van der Waals surface area contributed by atoms with Crippen molar-refractivity contribution < 1.29 is 13.9 Å². The van der Waals surface area contributed by atoms with Gasteiger partial charge in [-0.25, -0.2) is 9.07 Å². The van der Waals surface area contributed by atoms with E-state index in [1.807, 2.05) is 20.8 Å². The molecule has 1 saturated heterocycles. The van der Waals surface area contributed by atoms with Crippen molar-refractivity contribution >= 4 is 11.6 Å². The van der Waals surface area contributed by atoms with E-state index in [0.717, 1.165) is 25.9 Å². The molecule has 1 aromatic heterocycles. The van der Waals surface area contributed by atoms with Gasteiger partial charge in [0.1, 0.15) is 11.6 Å². The van der Waals surface area contributed by atoms with Gasteiger partial charge in [-0.1, -0.05) is 5.21 Å². The number of halogens is 1. The van der Waals surface area contributed by atoms with Crippen LogP contribution < -0.4 is 15.4 Å². The highest BCUT2D eigenvalue weighted by atomic mass is 19.1. The molecular weight excluding hydrogens is 337 g/mol. The minimum absolute atomic E-state index is 0.0532. The highest BCUT2D eigenvalue weighted by molar-refractivity contribution is 6.03. The number of aromatic nitrogens is 3. The van der Waals surface area contributed by atoms with Crippen LogP contribution in [0.4, 0.5) is 10.1 Å². The van der Waals surface area contributed by atoms with Gasteiger partial charge in [-0.05, 0) is 58.8 Å². The fourth-order valence-electron chi connectivity index (χ4n) is 3.07. The zero-order valence-corrected chi connectivity index (χ0v) is 15.3. The summed E-state index contributed by atoms with van der Waals surface area (Å²) in [6.07, 6.45) is 1.83. The first-order valence-corrected chi connectivity index (χ1v) is 8.85. The van der Waals surface area contributed by atoms with Crippen LogP contribution >= 0.6 is 0 Å². The molecule has 7 nitrogen and oxygen atoms in total. The van der Waals surface area contributed by atoms with Crippen LogP contribution in [0.25, 0.3) is 0 Å². The third kappa shape index (κ3) is 4.01. The Morgan fingerprint density at radius 2 is 2.12 bits per heavy atom. The number of rotatable bonds is 5. The maximum atomic E-state index is 14.2. The third-order valence-electron chi connectivity index (χ3n) is 4.36. The summed E-state index contributed by atoms with van der Waals surface area (Å²) in [4.78, 5) is 12.5. The molecule has 3 rings (SSSR count). The number of nitrogens with zero attached hydrogens (tertiary/aromatic N) is 3. The molecule has 0 spiro atoms. The molecule has 1 aliphatic rings.